The minimum atomic E-state index is 0.105. The van der Waals surface area contributed by atoms with Gasteiger partial charge in [0.05, 0.1) is 24.4 Å². The van der Waals surface area contributed by atoms with E-state index in [9.17, 15) is 4.79 Å². The fourth-order valence-electron chi connectivity index (χ4n) is 2.49. The lowest BCUT2D eigenvalue weighted by Crippen LogP contribution is -2.37. The van der Waals surface area contributed by atoms with Gasteiger partial charge in [0.15, 0.2) is 0 Å². The number of hydrogen-bond donors (Lipinski definition) is 0. The van der Waals surface area contributed by atoms with E-state index in [4.69, 9.17) is 0 Å². The van der Waals surface area contributed by atoms with Crippen molar-refractivity contribution in [2.75, 3.05) is 6.54 Å². The highest BCUT2D eigenvalue weighted by Gasteiger charge is 2.22. The molecule has 3 rings (SSSR count). The lowest BCUT2D eigenvalue weighted by atomic mass is 10.1. The number of carbonyl (C=O) groups excluding carboxylic acids is 1. The molecule has 110 valence electrons. The van der Waals surface area contributed by atoms with Crippen molar-refractivity contribution in [3.63, 3.8) is 0 Å². The van der Waals surface area contributed by atoms with Crippen molar-refractivity contribution in [1.29, 1.82) is 0 Å². The Labute approximate surface area is 123 Å². The third kappa shape index (κ3) is 2.94. The Kier molecular flexibility index (Phi) is 3.68. The summed E-state index contributed by atoms with van der Waals surface area (Å²) in [4.78, 5) is 22.5. The van der Waals surface area contributed by atoms with E-state index in [1.165, 1.54) is 6.33 Å². The topological polar surface area (TPSA) is 63.9 Å². The molecule has 0 spiro atoms. The normalized spacial score (nSPS) is 14.3. The predicted octanol–water partition coefficient (Wildman–Crippen LogP) is 1.38. The van der Waals surface area contributed by atoms with Crippen LogP contribution in [0.15, 0.2) is 24.8 Å². The minimum absolute atomic E-state index is 0.105. The van der Waals surface area contributed by atoms with E-state index < -0.39 is 0 Å². The highest BCUT2D eigenvalue weighted by Crippen LogP contribution is 2.16. The molecule has 0 atom stereocenters. The van der Waals surface area contributed by atoms with E-state index in [0.29, 0.717) is 19.0 Å². The zero-order valence-corrected chi connectivity index (χ0v) is 12.4. The molecule has 6 nitrogen and oxygen atoms in total. The number of amides is 1. The van der Waals surface area contributed by atoms with Gasteiger partial charge in [-0.25, -0.2) is 9.97 Å². The van der Waals surface area contributed by atoms with Gasteiger partial charge in [-0.2, -0.15) is 5.10 Å². The molecule has 0 saturated heterocycles. The third-order valence-electron chi connectivity index (χ3n) is 3.75. The number of rotatable bonds is 3. The smallest absolute Gasteiger partial charge is 0.229 e. The van der Waals surface area contributed by atoms with Crippen LogP contribution in [0.3, 0.4) is 0 Å². The van der Waals surface area contributed by atoms with Crippen LogP contribution in [-0.4, -0.2) is 37.1 Å². The van der Waals surface area contributed by atoms with Crippen LogP contribution in [0.1, 0.15) is 36.8 Å². The van der Waals surface area contributed by atoms with Crippen molar-refractivity contribution in [2.24, 2.45) is 0 Å². The van der Waals surface area contributed by atoms with E-state index in [1.807, 2.05) is 28.0 Å². The van der Waals surface area contributed by atoms with Crippen LogP contribution >= 0.6 is 0 Å². The van der Waals surface area contributed by atoms with Crippen LogP contribution in [0.25, 0.3) is 0 Å². The summed E-state index contributed by atoms with van der Waals surface area (Å²) in [6.07, 6.45) is 6.47. The molecular formula is C15H19N5O. The van der Waals surface area contributed by atoms with Crippen molar-refractivity contribution in [1.82, 2.24) is 24.6 Å². The van der Waals surface area contributed by atoms with E-state index in [0.717, 1.165) is 29.9 Å². The number of carbonyl (C=O) groups is 1. The van der Waals surface area contributed by atoms with Gasteiger partial charge in [0.1, 0.15) is 6.33 Å². The second-order valence-corrected chi connectivity index (χ2v) is 5.62. The summed E-state index contributed by atoms with van der Waals surface area (Å²) < 4.78 is 1.88. The van der Waals surface area contributed by atoms with Gasteiger partial charge in [-0.3, -0.25) is 9.48 Å². The van der Waals surface area contributed by atoms with Gasteiger partial charge in [0.2, 0.25) is 5.91 Å². The van der Waals surface area contributed by atoms with Crippen molar-refractivity contribution in [3.05, 3.63) is 41.7 Å². The monoisotopic (exact) mass is 285 g/mol. The molecule has 0 radical (unpaired) electrons. The Bertz CT molecular complexity index is 649. The van der Waals surface area contributed by atoms with Gasteiger partial charge in [-0.05, 0) is 31.9 Å². The quantitative estimate of drug-likeness (QED) is 0.854. The molecule has 0 aromatic carbocycles. The van der Waals surface area contributed by atoms with Gasteiger partial charge in [-0.1, -0.05) is 0 Å². The molecule has 0 unspecified atom stereocenters. The summed E-state index contributed by atoms with van der Waals surface area (Å²) in [6.45, 7) is 5.44. The molecule has 0 N–H and O–H groups in total. The summed E-state index contributed by atoms with van der Waals surface area (Å²) in [5, 5.41) is 4.43. The van der Waals surface area contributed by atoms with Gasteiger partial charge in [0, 0.05) is 25.0 Å². The van der Waals surface area contributed by atoms with Crippen LogP contribution in [0.4, 0.5) is 0 Å². The fraction of sp³-hybridized carbons (Fsp3) is 0.467. The average Bonchev–Trinajstić information content (AvgIpc) is 2.95. The first-order chi connectivity index (χ1) is 10.1. The molecule has 1 aliphatic heterocycles. The maximum Gasteiger partial charge on any atom is 0.229 e. The van der Waals surface area contributed by atoms with Gasteiger partial charge in [-0.15, -0.1) is 0 Å². The molecule has 1 amide bonds. The number of hydrogen-bond acceptors (Lipinski definition) is 4. The largest absolute Gasteiger partial charge is 0.336 e. The SMILES string of the molecule is CC(C)n1ccc(CC(=O)N2CCc3cncnc3C2)n1. The highest BCUT2D eigenvalue weighted by atomic mass is 16.2. The minimum Gasteiger partial charge on any atom is -0.336 e. The zero-order valence-electron chi connectivity index (χ0n) is 12.4. The Hall–Kier alpha value is -2.24. The molecular weight excluding hydrogens is 266 g/mol. The molecule has 3 heterocycles. The van der Waals surface area contributed by atoms with Gasteiger partial charge < -0.3 is 4.90 Å². The fourth-order valence-corrected chi connectivity index (χ4v) is 2.49. The second-order valence-electron chi connectivity index (χ2n) is 5.62. The summed E-state index contributed by atoms with van der Waals surface area (Å²) in [7, 11) is 0. The van der Waals surface area contributed by atoms with Crippen LogP contribution in [0, 0.1) is 0 Å². The van der Waals surface area contributed by atoms with E-state index in [2.05, 4.69) is 28.9 Å². The standard InChI is InChI=1S/C15H19N5O/c1-11(2)20-6-4-13(18-20)7-15(21)19-5-3-12-8-16-10-17-14(12)9-19/h4,6,8,10-11H,3,5,7,9H2,1-2H3. The Morgan fingerprint density at radius 2 is 2.29 bits per heavy atom. The second kappa shape index (κ2) is 5.63. The Morgan fingerprint density at radius 3 is 3.05 bits per heavy atom. The predicted molar refractivity (Wildman–Crippen MR) is 77.5 cm³/mol. The summed E-state index contributed by atoms with van der Waals surface area (Å²) in [6, 6.07) is 2.23. The zero-order chi connectivity index (χ0) is 14.8. The molecule has 2 aromatic heterocycles. The third-order valence-corrected chi connectivity index (χ3v) is 3.75. The van der Waals surface area contributed by atoms with Crippen molar-refractivity contribution < 1.29 is 4.79 Å². The molecule has 0 aliphatic carbocycles. The van der Waals surface area contributed by atoms with Crippen LogP contribution < -0.4 is 0 Å². The van der Waals surface area contributed by atoms with Gasteiger partial charge >= 0.3 is 0 Å². The highest BCUT2D eigenvalue weighted by molar-refractivity contribution is 5.78. The van der Waals surface area contributed by atoms with Crippen LogP contribution in [0.5, 0.6) is 0 Å². The lowest BCUT2D eigenvalue weighted by Gasteiger charge is -2.27. The van der Waals surface area contributed by atoms with Crippen molar-refractivity contribution in [3.8, 4) is 0 Å². The molecule has 1 aliphatic rings. The molecule has 0 bridgehead atoms. The molecule has 6 heteroatoms. The van der Waals surface area contributed by atoms with Crippen molar-refractivity contribution >= 4 is 5.91 Å². The first-order valence-electron chi connectivity index (χ1n) is 7.23. The molecule has 2 aromatic rings. The number of aromatic nitrogens is 4. The molecule has 0 fully saturated rings. The molecule has 21 heavy (non-hydrogen) atoms. The molecule has 0 saturated carbocycles. The maximum absolute atomic E-state index is 12.4. The Morgan fingerprint density at radius 1 is 1.43 bits per heavy atom. The maximum atomic E-state index is 12.4. The summed E-state index contributed by atoms with van der Waals surface area (Å²) in [5.41, 5.74) is 2.92. The number of fused-ring (bicyclic) bond motifs is 1. The number of nitrogens with zero attached hydrogens (tertiary/aromatic N) is 5. The first-order valence-corrected chi connectivity index (χ1v) is 7.23. The lowest BCUT2D eigenvalue weighted by molar-refractivity contribution is -0.131. The summed E-state index contributed by atoms with van der Waals surface area (Å²) in [5.74, 6) is 0.105. The first kappa shape index (κ1) is 13.7. The van der Waals surface area contributed by atoms with Crippen LogP contribution in [0.2, 0.25) is 0 Å². The van der Waals surface area contributed by atoms with Crippen molar-refractivity contribution in [2.45, 2.75) is 39.3 Å². The Balaban J connectivity index is 1.66. The van der Waals surface area contributed by atoms with Crippen LogP contribution in [-0.2, 0) is 24.2 Å². The van der Waals surface area contributed by atoms with E-state index in [1.54, 1.807) is 0 Å². The van der Waals surface area contributed by atoms with Gasteiger partial charge in [0.25, 0.3) is 0 Å². The van der Waals surface area contributed by atoms with E-state index in [-0.39, 0.29) is 5.91 Å². The average molecular weight is 285 g/mol. The summed E-state index contributed by atoms with van der Waals surface area (Å²) >= 11 is 0. The van der Waals surface area contributed by atoms with E-state index >= 15 is 0 Å².